The fourth-order valence-electron chi connectivity index (χ4n) is 1.85. The molecule has 1 fully saturated rings. The molecule has 2 rings (SSSR count). The molecule has 0 amide bonds. The molecule has 1 aliphatic heterocycles. The summed E-state index contributed by atoms with van der Waals surface area (Å²) >= 11 is 0. The zero-order chi connectivity index (χ0) is 10.5. The third kappa shape index (κ3) is 3.02. The first-order valence-corrected chi connectivity index (χ1v) is 5.40. The maximum atomic E-state index is 9.98. The van der Waals surface area contributed by atoms with E-state index >= 15 is 0 Å². The van der Waals surface area contributed by atoms with Gasteiger partial charge in [-0.2, -0.15) is 0 Å². The lowest BCUT2D eigenvalue weighted by Crippen LogP contribution is -2.42. The van der Waals surface area contributed by atoms with Crippen LogP contribution in [-0.4, -0.2) is 30.9 Å². The van der Waals surface area contributed by atoms with Crippen molar-refractivity contribution in [1.82, 2.24) is 5.32 Å². The lowest BCUT2D eigenvalue weighted by atomic mass is 10.0. The van der Waals surface area contributed by atoms with Gasteiger partial charge in [-0.25, -0.2) is 0 Å². The second-order valence-corrected chi connectivity index (χ2v) is 3.89. The molecule has 0 aromatic heterocycles. The molecule has 0 saturated carbocycles. The standard InChI is InChI=1S/C12H17NO2/c14-12(10-4-2-1-3-5-10)8-11-9-15-7-6-13-11/h1-5,11-14H,6-9H2/t11-,12-/m1/s1. The minimum atomic E-state index is -0.398. The number of hydrogen-bond donors (Lipinski definition) is 2. The molecule has 15 heavy (non-hydrogen) atoms. The molecule has 1 aromatic carbocycles. The van der Waals surface area contributed by atoms with Gasteiger partial charge in [0.2, 0.25) is 0 Å². The molecule has 0 aliphatic carbocycles. The van der Waals surface area contributed by atoms with E-state index in [-0.39, 0.29) is 6.04 Å². The molecular formula is C12H17NO2. The first-order valence-electron chi connectivity index (χ1n) is 5.40. The van der Waals surface area contributed by atoms with Crippen molar-refractivity contribution < 1.29 is 9.84 Å². The van der Waals surface area contributed by atoms with Crippen LogP contribution < -0.4 is 5.32 Å². The summed E-state index contributed by atoms with van der Waals surface area (Å²) in [6.45, 7) is 2.36. The predicted octanol–water partition coefficient (Wildman–Crippen LogP) is 1.10. The number of benzene rings is 1. The van der Waals surface area contributed by atoms with E-state index in [1.54, 1.807) is 0 Å². The average Bonchev–Trinajstić information content (AvgIpc) is 2.31. The van der Waals surface area contributed by atoms with E-state index in [4.69, 9.17) is 4.74 Å². The van der Waals surface area contributed by atoms with Crippen LogP contribution >= 0.6 is 0 Å². The Hall–Kier alpha value is -0.900. The highest BCUT2D eigenvalue weighted by Crippen LogP contribution is 2.18. The Morgan fingerprint density at radius 2 is 2.20 bits per heavy atom. The summed E-state index contributed by atoms with van der Waals surface area (Å²) < 4.78 is 5.35. The number of ether oxygens (including phenoxy) is 1. The van der Waals surface area contributed by atoms with Crippen LogP contribution in [0.5, 0.6) is 0 Å². The Balaban J connectivity index is 1.88. The molecule has 1 saturated heterocycles. The second kappa shape index (κ2) is 5.26. The Bertz CT molecular complexity index is 283. The van der Waals surface area contributed by atoms with Crippen LogP contribution in [0.15, 0.2) is 30.3 Å². The van der Waals surface area contributed by atoms with Crippen molar-refractivity contribution in [2.45, 2.75) is 18.6 Å². The van der Waals surface area contributed by atoms with Crippen LogP contribution in [0.4, 0.5) is 0 Å². The third-order valence-electron chi connectivity index (χ3n) is 2.69. The molecular weight excluding hydrogens is 190 g/mol. The molecule has 0 unspecified atom stereocenters. The SMILES string of the molecule is O[C@H](C[C@@H]1COCCN1)c1ccccc1. The zero-order valence-electron chi connectivity index (χ0n) is 8.73. The molecule has 2 N–H and O–H groups in total. The second-order valence-electron chi connectivity index (χ2n) is 3.89. The largest absolute Gasteiger partial charge is 0.388 e. The van der Waals surface area contributed by atoms with E-state index in [0.29, 0.717) is 13.0 Å². The van der Waals surface area contributed by atoms with Gasteiger partial charge in [-0.3, -0.25) is 0 Å². The summed E-state index contributed by atoms with van der Waals surface area (Å²) in [5, 5.41) is 13.3. The van der Waals surface area contributed by atoms with E-state index in [9.17, 15) is 5.11 Å². The van der Waals surface area contributed by atoms with E-state index in [1.807, 2.05) is 30.3 Å². The smallest absolute Gasteiger partial charge is 0.0805 e. The van der Waals surface area contributed by atoms with Crippen molar-refractivity contribution in [3.63, 3.8) is 0 Å². The maximum Gasteiger partial charge on any atom is 0.0805 e. The molecule has 3 nitrogen and oxygen atoms in total. The van der Waals surface area contributed by atoms with Gasteiger partial charge in [-0.15, -0.1) is 0 Å². The number of hydrogen-bond acceptors (Lipinski definition) is 3. The summed E-state index contributed by atoms with van der Waals surface area (Å²) in [5.41, 5.74) is 0.977. The summed E-state index contributed by atoms with van der Waals surface area (Å²) in [6.07, 6.45) is 0.315. The van der Waals surface area contributed by atoms with Crippen LogP contribution in [0.2, 0.25) is 0 Å². The van der Waals surface area contributed by atoms with Gasteiger partial charge in [-0.05, 0) is 12.0 Å². The van der Waals surface area contributed by atoms with E-state index < -0.39 is 6.10 Å². The Morgan fingerprint density at radius 1 is 1.40 bits per heavy atom. The minimum absolute atomic E-state index is 0.272. The van der Waals surface area contributed by atoms with Crippen LogP contribution in [0.25, 0.3) is 0 Å². The van der Waals surface area contributed by atoms with Crippen molar-refractivity contribution in [2.75, 3.05) is 19.8 Å². The van der Waals surface area contributed by atoms with Crippen LogP contribution in [0, 0.1) is 0 Å². The van der Waals surface area contributed by atoms with Crippen molar-refractivity contribution in [1.29, 1.82) is 0 Å². The van der Waals surface area contributed by atoms with Gasteiger partial charge >= 0.3 is 0 Å². The molecule has 0 spiro atoms. The van der Waals surface area contributed by atoms with Gasteiger partial charge in [0.25, 0.3) is 0 Å². The molecule has 1 aromatic rings. The number of aliphatic hydroxyl groups is 1. The van der Waals surface area contributed by atoms with Gasteiger partial charge in [0, 0.05) is 12.6 Å². The Morgan fingerprint density at radius 3 is 2.87 bits per heavy atom. The Labute approximate surface area is 90.1 Å². The van der Waals surface area contributed by atoms with Gasteiger partial charge in [-0.1, -0.05) is 30.3 Å². The number of aliphatic hydroxyl groups excluding tert-OH is 1. The monoisotopic (exact) mass is 207 g/mol. The average molecular weight is 207 g/mol. The van der Waals surface area contributed by atoms with E-state index in [1.165, 1.54) is 0 Å². The first kappa shape index (κ1) is 10.6. The van der Waals surface area contributed by atoms with Crippen LogP contribution in [-0.2, 0) is 4.74 Å². The highest BCUT2D eigenvalue weighted by molar-refractivity contribution is 5.17. The van der Waals surface area contributed by atoms with Crippen molar-refractivity contribution in [2.24, 2.45) is 0 Å². The lowest BCUT2D eigenvalue weighted by Gasteiger charge is -2.25. The summed E-state index contributed by atoms with van der Waals surface area (Å²) in [7, 11) is 0. The highest BCUT2D eigenvalue weighted by atomic mass is 16.5. The van der Waals surface area contributed by atoms with E-state index in [2.05, 4.69) is 5.32 Å². The van der Waals surface area contributed by atoms with Crippen LogP contribution in [0.3, 0.4) is 0 Å². The van der Waals surface area contributed by atoms with Gasteiger partial charge in [0.15, 0.2) is 0 Å². The molecule has 82 valence electrons. The molecule has 2 atom stereocenters. The summed E-state index contributed by atoms with van der Waals surface area (Å²) in [6, 6.07) is 10.0. The molecule has 0 bridgehead atoms. The quantitative estimate of drug-likeness (QED) is 0.780. The molecule has 3 heteroatoms. The fraction of sp³-hybridized carbons (Fsp3) is 0.500. The normalized spacial score (nSPS) is 23.7. The zero-order valence-corrected chi connectivity index (χ0v) is 8.73. The lowest BCUT2D eigenvalue weighted by molar-refractivity contribution is 0.0519. The molecule has 1 heterocycles. The fourth-order valence-corrected chi connectivity index (χ4v) is 1.85. The molecule has 0 radical (unpaired) electrons. The molecule has 1 aliphatic rings. The number of morpholine rings is 1. The third-order valence-corrected chi connectivity index (χ3v) is 2.69. The van der Waals surface area contributed by atoms with Crippen molar-refractivity contribution in [3.05, 3.63) is 35.9 Å². The van der Waals surface area contributed by atoms with Gasteiger partial charge in [0.1, 0.15) is 0 Å². The van der Waals surface area contributed by atoms with E-state index in [0.717, 1.165) is 18.7 Å². The summed E-state index contributed by atoms with van der Waals surface area (Å²) in [4.78, 5) is 0. The number of nitrogens with one attached hydrogen (secondary N) is 1. The minimum Gasteiger partial charge on any atom is -0.388 e. The predicted molar refractivity (Wildman–Crippen MR) is 58.6 cm³/mol. The summed E-state index contributed by atoms with van der Waals surface area (Å²) in [5.74, 6) is 0. The number of rotatable bonds is 3. The van der Waals surface area contributed by atoms with Gasteiger partial charge < -0.3 is 15.2 Å². The van der Waals surface area contributed by atoms with Crippen LogP contribution in [0.1, 0.15) is 18.1 Å². The first-order chi connectivity index (χ1) is 7.36. The van der Waals surface area contributed by atoms with Crippen molar-refractivity contribution >= 4 is 0 Å². The Kier molecular flexibility index (Phi) is 3.72. The maximum absolute atomic E-state index is 9.98. The van der Waals surface area contributed by atoms with Gasteiger partial charge in [0.05, 0.1) is 19.3 Å². The van der Waals surface area contributed by atoms with Crippen molar-refractivity contribution in [3.8, 4) is 0 Å². The topological polar surface area (TPSA) is 41.5 Å². The highest BCUT2D eigenvalue weighted by Gasteiger charge is 2.17.